The lowest BCUT2D eigenvalue weighted by Crippen LogP contribution is -2.33. The Morgan fingerprint density at radius 2 is 1.78 bits per heavy atom. The zero-order chi connectivity index (χ0) is 13.8. The molecule has 0 fully saturated rings. The van der Waals surface area contributed by atoms with Crippen molar-refractivity contribution in [2.24, 2.45) is 10.6 Å². The van der Waals surface area contributed by atoms with Crippen molar-refractivity contribution in [3.63, 3.8) is 0 Å². The Labute approximate surface area is 109 Å². The summed E-state index contributed by atoms with van der Waals surface area (Å²) in [6, 6.07) is 7.56. The van der Waals surface area contributed by atoms with Crippen LogP contribution in [0.2, 0.25) is 0 Å². The minimum Gasteiger partial charge on any atom is -0.487 e. The van der Waals surface area contributed by atoms with Gasteiger partial charge in [-0.15, -0.1) is 0 Å². The van der Waals surface area contributed by atoms with E-state index in [2.05, 4.69) is 39.8 Å². The molecule has 0 aliphatic heterocycles. The molecular formula is C15H23NO2. The number of hydrogen-bond donors (Lipinski definition) is 1. The van der Waals surface area contributed by atoms with Crippen molar-refractivity contribution in [2.75, 3.05) is 0 Å². The third-order valence-corrected chi connectivity index (χ3v) is 2.46. The molecule has 18 heavy (non-hydrogen) atoms. The third kappa shape index (κ3) is 4.78. The minimum atomic E-state index is -0.266. The molecule has 0 aliphatic rings. The molecule has 1 N–H and O–H groups in total. The number of benzene rings is 1. The Bertz CT molecular complexity index is 417. The van der Waals surface area contributed by atoms with E-state index in [-0.39, 0.29) is 11.0 Å². The number of ether oxygens (including phenoxy) is 1. The molecular weight excluding hydrogens is 226 g/mol. The Kier molecular flexibility index (Phi) is 4.38. The van der Waals surface area contributed by atoms with Gasteiger partial charge in [-0.2, -0.15) is 0 Å². The zero-order valence-corrected chi connectivity index (χ0v) is 11.9. The SMILES string of the molecule is CC(C)(C)CC(C)(C)Oc1ccccc1C=NO. The number of hydrogen-bond acceptors (Lipinski definition) is 3. The van der Waals surface area contributed by atoms with Gasteiger partial charge in [0.2, 0.25) is 0 Å². The van der Waals surface area contributed by atoms with Crippen LogP contribution >= 0.6 is 0 Å². The standard InChI is InChI=1S/C15H23NO2/c1-14(2,3)11-15(4,5)18-13-9-7-6-8-12(13)10-16-17/h6-10,17H,11H2,1-5H3. The van der Waals surface area contributed by atoms with E-state index in [9.17, 15) is 0 Å². The molecule has 0 radical (unpaired) electrons. The van der Waals surface area contributed by atoms with Crippen LogP contribution in [-0.2, 0) is 0 Å². The van der Waals surface area contributed by atoms with E-state index in [1.165, 1.54) is 6.21 Å². The summed E-state index contributed by atoms with van der Waals surface area (Å²) < 4.78 is 6.06. The second kappa shape index (κ2) is 5.42. The van der Waals surface area contributed by atoms with Gasteiger partial charge in [-0.1, -0.05) is 38.1 Å². The Morgan fingerprint density at radius 3 is 2.33 bits per heavy atom. The fourth-order valence-electron chi connectivity index (χ4n) is 2.35. The third-order valence-electron chi connectivity index (χ3n) is 2.46. The molecule has 100 valence electrons. The molecule has 0 saturated carbocycles. The van der Waals surface area contributed by atoms with E-state index in [0.29, 0.717) is 0 Å². The van der Waals surface area contributed by atoms with E-state index < -0.39 is 0 Å². The first-order chi connectivity index (χ1) is 8.23. The number of oxime groups is 1. The molecule has 1 rings (SSSR count). The molecule has 1 aromatic carbocycles. The average Bonchev–Trinajstić information content (AvgIpc) is 2.17. The van der Waals surface area contributed by atoms with Crippen LogP contribution in [0.25, 0.3) is 0 Å². The molecule has 3 heteroatoms. The molecule has 0 saturated heterocycles. The molecule has 0 unspecified atom stereocenters. The van der Waals surface area contributed by atoms with Crippen LogP contribution in [0.3, 0.4) is 0 Å². The fourth-order valence-corrected chi connectivity index (χ4v) is 2.35. The van der Waals surface area contributed by atoms with Crippen molar-refractivity contribution in [1.29, 1.82) is 0 Å². The summed E-state index contributed by atoms with van der Waals surface area (Å²) in [7, 11) is 0. The highest BCUT2D eigenvalue weighted by Gasteiger charge is 2.27. The fraction of sp³-hybridized carbons (Fsp3) is 0.533. The van der Waals surface area contributed by atoms with Crippen LogP contribution in [0, 0.1) is 5.41 Å². The summed E-state index contributed by atoms with van der Waals surface area (Å²) >= 11 is 0. The number of rotatable bonds is 4. The first kappa shape index (κ1) is 14.6. The molecule has 3 nitrogen and oxygen atoms in total. The van der Waals surface area contributed by atoms with Crippen molar-refractivity contribution < 1.29 is 9.94 Å². The maximum atomic E-state index is 8.64. The summed E-state index contributed by atoms with van der Waals surface area (Å²) in [6.07, 6.45) is 2.33. The predicted molar refractivity (Wildman–Crippen MR) is 74.6 cm³/mol. The van der Waals surface area contributed by atoms with E-state index in [0.717, 1.165) is 17.7 Å². The van der Waals surface area contributed by atoms with Crippen molar-refractivity contribution >= 4 is 6.21 Å². The number of para-hydroxylation sites is 1. The molecule has 0 aromatic heterocycles. The van der Waals surface area contributed by atoms with Gasteiger partial charge in [0.25, 0.3) is 0 Å². The predicted octanol–water partition coefficient (Wildman–Crippen LogP) is 4.09. The summed E-state index contributed by atoms with van der Waals surface area (Å²) in [6.45, 7) is 10.7. The van der Waals surface area contributed by atoms with Crippen LogP contribution in [0.15, 0.2) is 29.4 Å². The average molecular weight is 249 g/mol. The second-order valence-electron chi connectivity index (χ2n) is 6.38. The normalized spacial score (nSPS) is 12.9. The van der Waals surface area contributed by atoms with Crippen LogP contribution < -0.4 is 4.74 Å². The first-order valence-corrected chi connectivity index (χ1v) is 6.19. The highest BCUT2D eigenvalue weighted by Crippen LogP contribution is 2.31. The summed E-state index contributed by atoms with van der Waals surface area (Å²) in [5.74, 6) is 0.740. The van der Waals surface area contributed by atoms with E-state index in [1.54, 1.807) is 0 Å². The van der Waals surface area contributed by atoms with Gasteiger partial charge >= 0.3 is 0 Å². The van der Waals surface area contributed by atoms with Gasteiger partial charge < -0.3 is 9.94 Å². The van der Waals surface area contributed by atoms with Gasteiger partial charge in [0.05, 0.1) is 6.21 Å². The molecule has 0 bridgehead atoms. The largest absolute Gasteiger partial charge is 0.487 e. The smallest absolute Gasteiger partial charge is 0.129 e. The lowest BCUT2D eigenvalue weighted by molar-refractivity contribution is 0.0620. The van der Waals surface area contributed by atoms with Crippen LogP contribution in [0.5, 0.6) is 5.75 Å². The van der Waals surface area contributed by atoms with Crippen molar-refractivity contribution in [2.45, 2.75) is 46.6 Å². The summed E-state index contributed by atoms with van der Waals surface area (Å²) in [5.41, 5.74) is 0.711. The zero-order valence-electron chi connectivity index (χ0n) is 11.9. The van der Waals surface area contributed by atoms with Crippen LogP contribution in [0.4, 0.5) is 0 Å². The number of nitrogens with zero attached hydrogens (tertiary/aromatic N) is 1. The molecule has 1 aromatic rings. The molecule has 0 spiro atoms. The van der Waals surface area contributed by atoms with E-state index >= 15 is 0 Å². The maximum Gasteiger partial charge on any atom is 0.129 e. The van der Waals surface area contributed by atoms with Crippen molar-refractivity contribution in [3.8, 4) is 5.75 Å². The molecule has 0 heterocycles. The quantitative estimate of drug-likeness (QED) is 0.496. The van der Waals surface area contributed by atoms with Gasteiger partial charge in [-0.25, -0.2) is 0 Å². The summed E-state index contributed by atoms with van der Waals surface area (Å²) in [4.78, 5) is 0. The monoisotopic (exact) mass is 249 g/mol. The van der Waals surface area contributed by atoms with Gasteiger partial charge in [0.15, 0.2) is 0 Å². The first-order valence-electron chi connectivity index (χ1n) is 6.19. The Balaban J connectivity index is 2.90. The van der Waals surface area contributed by atoms with Gasteiger partial charge in [-0.05, 0) is 37.8 Å². The minimum absolute atomic E-state index is 0.198. The van der Waals surface area contributed by atoms with Crippen molar-refractivity contribution in [1.82, 2.24) is 0 Å². The topological polar surface area (TPSA) is 41.8 Å². The van der Waals surface area contributed by atoms with E-state index in [4.69, 9.17) is 9.94 Å². The lowest BCUT2D eigenvalue weighted by atomic mass is 9.83. The molecule has 0 atom stereocenters. The molecule has 0 amide bonds. The van der Waals surface area contributed by atoms with Crippen molar-refractivity contribution in [3.05, 3.63) is 29.8 Å². The second-order valence-corrected chi connectivity index (χ2v) is 6.38. The Morgan fingerprint density at radius 1 is 1.17 bits per heavy atom. The van der Waals surface area contributed by atoms with Gasteiger partial charge in [0.1, 0.15) is 11.4 Å². The maximum absolute atomic E-state index is 8.64. The van der Waals surface area contributed by atoms with Crippen LogP contribution in [0.1, 0.15) is 46.6 Å². The van der Waals surface area contributed by atoms with Gasteiger partial charge in [-0.3, -0.25) is 0 Å². The highest BCUT2D eigenvalue weighted by molar-refractivity contribution is 5.82. The summed E-state index contributed by atoms with van der Waals surface area (Å²) in [5, 5.41) is 11.7. The highest BCUT2D eigenvalue weighted by atomic mass is 16.5. The Hall–Kier alpha value is -1.51. The molecule has 0 aliphatic carbocycles. The van der Waals surface area contributed by atoms with Crippen LogP contribution in [-0.4, -0.2) is 17.0 Å². The van der Waals surface area contributed by atoms with E-state index in [1.807, 2.05) is 24.3 Å². The van der Waals surface area contributed by atoms with Gasteiger partial charge in [0, 0.05) is 5.56 Å². The lowest BCUT2D eigenvalue weighted by Gasteiger charge is -2.33.